The molecule has 0 aromatic heterocycles. The standard InChI is InChI=1S/C14H25NO3/c1-5-17-12-10-11(14(12,3)4)15-9-7-8-13(16)18-6-2/h7-8,11-12,15H,5-6,9-10H2,1-4H3/b8-7+. The fraction of sp³-hybridized carbons (Fsp3) is 0.786. The second-order valence-corrected chi connectivity index (χ2v) is 5.12. The highest BCUT2D eigenvalue weighted by atomic mass is 16.5. The molecule has 2 atom stereocenters. The van der Waals surface area contributed by atoms with Crippen molar-refractivity contribution in [2.75, 3.05) is 19.8 Å². The molecule has 1 rings (SSSR count). The van der Waals surface area contributed by atoms with E-state index in [1.807, 2.05) is 13.0 Å². The van der Waals surface area contributed by atoms with Crippen LogP contribution >= 0.6 is 0 Å². The Morgan fingerprint density at radius 3 is 2.67 bits per heavy atom. The predicted molar refractivity (Wildman–Crippen MR) is 71.4 cm³/mol. The highest BCUT2D eigenvalue weighted by Gasteiger charge is 2.48. The van der Waals surface area contributed by atoms with Gasteiger partial charge in [-0.15, -0.1) is 0 Å². The van der Waals surface area contributed by atoms with Crippen molar-refractivity contribution in [3.05, 3.63) is 12.2 Å². The summed E-state index contributed by atoms with van der Waals surface area (Å²) in [6.07, 6.45) is 4.66. The largest absolute Gasteiger partial charge is 0.463 e. The Morgan fingerprint density at radius 2 is 2.11 bits per heavy atom. The van der Waals surface area contributed by atoms with Crippen molar-refractivity contribution in [1.29, 1.82) is 0 Å². The quantitative estimate of drug-likeness (QED) is 0.557. The molecule has 1 N–H and O–H groups in total. The van der Waals surface area contributed by atoms with Crippen LogP contribution < -0.4 is 5.32 Å². The van der Waals surface area contributed by atoms with Crippen LogP contribution in [0.5, 0.6) is 0 Å². The van der Waals surface area contributed by atoms with Gasteiger partial charge in [0.25, 0.3) is 0 Å². The zero-order valence-corrected chi connectivity index (χ0v) is 11.9. The van der Waals surface area contributed by atoms with Gasteiger partial charge in [0.2, 0.25) is 0 Å². The van der Waals surface area contributed by atoms with Gasteiger partial charge in [-0.05, 0) is 20.3 Å². The number of carbonyl (C=O) groups excluding carboxylic acids is 1. The maximum Gasteiger partial charge on any atom is 0.330 e. The summed E-state index contributed by atoms with van der Waals surface area (Å²) in [4.78, 5) is 11.1. The Labute approximate surface area is 110 Å². The molecule has 0 radical (unpaired) electrons. The highest BCUT2D eigenvalue weighted by Crippen LogP contribution is 2.42. The normalized spacial score (nSPS) is 26.0. The highest BCUT2D eigenvalue weighted by molar-refractivity contribution is 5.81. The summed E-state index contributed by atoms with van der Waals surface area (Å²) in [6.45, 7) is 10.1. The number of carbonyl (C=O) groups is 1. The minimum Gasteiger partial charge on any atom is -0.463 e. The molecule has 0 saturated heterocycles. The van der Waals surface area contributed by atoms with Crippen molar-refractivity contribution < 1.29 is 14.3 Å². The zero-order valence-electron chi connectivity index (χ0n) is 11.9. The SMILES string of the molecule is CCOC(=O)/C=C/CNC1CC(OCC)C1(C)C. The van der Waals surface area contributed by atoms with Gasteiger partial charge in [0.15, 0.2) is 0 Å². The molecule has 0 bridgehead atoms. The van der Waals surface area contributed by atoms with Crippen LogP contribution in [0.25, 0.3) is 0 Å². The van der Waals surface area contributed by atoms with Crippen molar-refractivity contribution in [2.24, 2.45) is 5.41 Å². The zero-order chi connectivity index (χ0) is 13.6. The lowest BCUT2D eigenvalue weighted by Gasteiger charge is -2.51. The third-order valence-electron chi connectivity index (χ3n) is 3.57. The van der Waals surface area contributed by atoms with Crippen LogP contribution in [0.1, 0.15) is 34.1 Å². The molecule has 0 amide bonds. The molecule has 0 aromatic carbocycles. The number of ether oxygens (including phenoxy) is 2. The van der Waals surface area contributed by atoms with E-state index in [1.165, 1.54) is 6.08 Å². The van der Waals surface area contributed by atoms with E-state index in [0.717, 1.165) is 13.0 Å². The molecule has 2 unspecified atom stereocenters. The minimum absolute atomic E-state index is 0.160. The van der Waals surface area contributed by atoms with Crippen molar-refractivity contribution in [3.63, 3.8) is 0 Å². The van der Waals surface area contributed by atoms with Crippen molar-refractivity contribution in [1.82, 2.24) is 5.32 Å². The molecule has 18 heavy (non-hydrogen) atoms. The van der Waals surface area contributed by atoms with Gasteiger partial charge in [-0.1, -0.05) is 19.9 Å². The Hall–Kier alpha value is -0.870. The summed E-state index contributed by atoms with van der Waals surface area (Å²) in [7, 11) is 0. The lowest BCUT2D eigenvalue weighted by Crippen LogP contribution is -2.60. The summed E-state index contributed by atoms with van der Waals surface area (Å²) in [5, 5.41) is 3.42. The maximum absolute atomic E-state index is 11.1. The summed E-state index contributed by atoms with van der Waals surface area (Å²) < 4.78 is 10.5. The Balaban J connectivity index is 2.24. The van der Waals surface area contributed by atoms with Gasteiger partial charge in [0.05, 0.1) is 12.7 Å². The van der Waals surface area contributed by atoms with E-state index in [1.54, 1.807) is 6.92 Å². The average molecular weight is 255 g/mol. The van der Waals surface area contributed by atoms with Crippen molar-refractivity contribution in [2.45, 2.75) is 46.3 Å². The molecule has 104 valence electrons. The number of hydrogen-bond acceptors (Lipinski definition) is 4. The van der Waals surface area contributed by atoms with Gasteiger partial charge >= 0.3 is 5.97 Å². The van der Waals surface area contributed by atoms with Crippen LogP contribution in [-0.2, 0) is 14.3 Å². The molecule has 1 saturated carbocycles. The summed E-state index contributed by atoms with van der Waals surface area (Å²) in [6, 6.07) is 0.445. The maximum atomic E-state index is 11.1. The third-order valence-corrected chi connectivity index (χ3v) is 3.57. The van der Waals surface area contributed by atoms with Gasteiger partial charge in [-0.3, -0.25) is 0 Å². The molecule has 0 aliphatic heterocycles. The number of nitrogens with one attached hydrogen (secondary N) is 1. The number of esters is 1. The average Bonchev–Trinajstić information content (AvgIpc) is 2.32. The predicted octanol–water partition coefficient (Wildman–Crippen LogP) is 1.90. The monoisotopic (exact) mass is 255 g/mol. The van der Waals surface area contributed by atoms with Gasteiger partial charge in [-0.2, -0.15) is 0 Å². The Kier molecular flexibility index (Phi) is 5.82. The van der Waals surface area contributed by atoms with E-state index in [0.29, 0.717) is 25.3 Å². The molecule has 1 fully saturated rings. The topological polar surface area (TPSA) is 47.6 Å². The number of rotatable bonds is 7. The lowest BCUT2D eigenvalue weighted by molar-refractivity contribution is -0.137. The van der Waals surface area contributed by atoms with Crippen molar-refractivity contribution in [3.8, 4) is 0 Å². The minimum atomic E-state index is -0.278. The molecular weight excluding hydrogens is 230 g/mol. The van der Waals surface area contributed by atoms with Gasteiger partial charge < -0.3 is 14.8 Å². The van der Waals surface area contributed by atoms with E-state index in [4.69, 9.17) is 9.47 Å². The van der Waals surface area contributed by atoms with Crippen LogP contribution in [0, 0.1) is 5.41 Å². The van der Waals surface area contributed by atoms with Gasteiger partial charge in [0.1, 0.15) is 0 Å². The second-order valence-electron chi connectivity index (χ2n) is 5.12. The Bertz CT molecular complexity index is 299. The molecule has 0 spiro atoms. The molecule has 1 aliphatic carbocycles. The van der Waals surface area contributed by atoms with Gasteiger partial charge in [-0.25, -0.2) is 4.79 Å². The first-order valence-electron chi connectivity index (χ1n) is 6.70. The molecule has 0 aromatic rings. The summed E-state index contributed by atoms with van der Waals surface area (Å²) in [5.74, 6) is -0.278. The molecule has 4 nitrogen and oxygen atoms in total. The van der Waals surface area contributed by atoms with Crippen molar-refractivity contribution >= 4 is 5.97 Å². The molecule has 0 heterocycles. The third kappa shape index (κ3) is 3.82. The Morgan fingerprint density at radius 1 is 1.39 bits per heavy atom. The fourth-order valence-corrected chi connectivity index (χ4v) is 2.27. The van der Waals surface area contributed by atoms with Crippen LogP contribution in [0.3, 0.4) is 0 Å². The molecule has 4 heteroatoms. The lowest BCUT2D eigenvalue weighted by atomic mass is 9.64. The molecular formula is C14H25NO3. The van der Waals surface area contributed by atoms with E-state index in [9.17, 15) is 4.79 Å². The van der Waals surface area contributed by atoms with E-state index in [-0.39, 0.29) is 11.4 Å². The molecule has 1 aliphatic rings. The summed E-state index contributed by atoms with van der Waals surface area (Å²) >= 11 is 0. The fourth-order valence-electron chi connectivity index (χ4n) is 2.27. The first kappa shape index (κ1) is 15.2. The smallest absolute Gasteiger partial charge is 0.330 e. The van der Waals surface area contributed by atoms with E-state index >= 15 is 0 Å². The van der Waals surface area contributed by atoms with Gasteiger partial charge in [0, 0.05) is 30.7 Å². The van der Waals surface area contributed by atoms with Crippen LogP contribution in [0.2, 0.25) is 0 Å². The summed E-state index contributed by atoms with van der Waals surface area (Å²) in [5.41, 5.74) is 0.160. The van der Waals surface area contributed by atoms with Crippen LogP contribution in [0.4, 0.5) is 0 Å². The first-order valence-corrected chi connectivity index (χ1v) is 6.70. The van der Waals surface area contributed by atoms with Crippen LogP contribution in [-0.4, -0.2) is 37.9 Å². The van der Waals surface area contributed by atoms with E-state index < -0.39 is 0 Å². The number of hydrogen-bond donors (Lipinski definition) is 1. The van der Waals surface area contributed by atoms with E-state index in [2.05, 4.69) is 19.2 Å². The second kappa shape index (κ2) is 6.90. The first-order chi connectivity index (χ1) is 8.52. The van der Waals surface area contributed by atoms with Crippen LogP contribution in [0.15, 0.2) is 12.2 Å².